The smallest absolute Gasteiger partial charge is 0.305 e. The van der Waals surface area contributed by atoms with Crippen LogP contribution in [0.1, 0.15) is 319 Å². The summed E-state index contributed by atoms with van der Waals surface area (Å²) in [5.41, 5.74) is 7.19. The Hall–Kier alpha value is -5.50. The molecule has 3 fully saturated rings. The number of esters is 2. The minimum absolute atomic E-state index is 0.0357. The lowest BCUT2D eigenvalue weighted by Crippen LogP contribution is -2.41. The Morgan fingerprint density at radius 3 is 1.23 bits per heavy atom. The number of benzene rings is 3. The van der Waals surface area contributed by atoms with E-state index in [-0.39, 0.29) is 76.6 Å². The Kier molecular flexibility index (Phi) is 40.9. The predicted molar refractivity (Wildman–Crippen MR) is 437 cm³/mol. The molecule has 13 nitrogen and oxygen atoms in total. The highest BCUT2D eigenvalue weighted by molar-refractivity contribution is 6.74. The van der Waals surface area contributed by atoms with E-state index in [1.165, 1.54) is 75.0 Å². The third kappa shape index (κ3) is 30.1. The molecule has 15 heteroatoms. The summed E-state index contributed by atoms with van der Waals surface area (Å²) in [6.07, 6.45) is 35.7. The number of hydrogen-bond donors (Lipinski definition) is 4. The highest BCUT2D eigenvalue weighted by atomic mass is 28.4. The molecule has 0 radical (unpaired) electrons. The molecule has 105 heavy (non-hydrogen) atoms. The second-order valence-electron chi connectivity index (χ2n) is 33.8. The molecule has 3 aliphatic carbocycles. The fourth-order valence-corrected chi connectivity index (χ4v) is 18.1. The largest absolute Gasteiger partial charge is 0.481 e. The number of carboxylic acids is 1. The number of ether oxygens (including phenoxy) is 2. The van der Waals surface area contributed by atoms with Gasteiger partial charge in [0, 0.05) is 49.9 Å². The van der Waals surface area contributed by atoms with Crippen LogP contribution in [0.4, 0.5) is 0 Å². The van der Waals surface area contributed by atoms with Crippen LogP contribution < -0.4 is 0 Å². The van der Waals surface area contributed by atoms with Crippen LogP contribution in [-0.2, 0) is 32.7 Å². The second kappa shape index (κ2) is 46.8. The van der Waals surface area contributed by atoms with Gasteiger partial charge in [-0.05, 0) is 183 Å². The number of rotatable bonds is 40. The summed E-state index contributed by atoms with van der Waals surface area (Å²) in [7, 11) is -0.900. The molecule has 0 spiro atoms. The third-order valence-electron chi connectivity index (χ3n) is 23.8. The highest BCUT2D eigenvalue weighted by Gasteiger charge is 2.48. The Balaban J connectivity index is 0.000000336. The molecule has 6 rings (SSSR count). The van der Waals surface area contributed by atoms with Crippen molar-refractivity contribution < 1.29 is 53.1 Å². The molecule has 0 amide bonds. The summed E-state index contributed by atoms with van der Waals surface area (Å²) in [5, 5.41) is 41.0. The lowest BCUT2D eigenvalue weighted by Gasteiger charge is -2.39. The second-order valence-corrected chi connectivity index (χ2v) is 43.4. The molecular formula is C90H142N2O11Si2. The van der Waals surface area contributed by atoms with E-state index in [9.17, 15) is 29.7 Å². The normalized spacial score (nSPS) is 23.6. The minimum atomic E-state index is -1.89. The van der Waals surface area contributed by atoms with Gasteiger partial charge in [-0.3, -0.25) is 14.4 Å². The minimum Gasteiger partial charge on any atom is -0.481 e. The van der Waals surface area contributed by atoms with E-state index >= 15 is 0 Å². The zero-order chi connectivity index (χ0) is 77.9. The quantitative estimate of drug-likeness (QED) is 0.0140. The van der Waals surface area contributed by atoms with Crippen LogP contribution in [0.3, 0.4) is 0 Å². The summed E-state index contributed by atoms with van der Waals surface area (Å²) in [4.78, 5) is 41.0. The highest BCUT2D eigenvalue weighted by Crippen LogP contribution is 2.50. The maximum Gasteiger partial charge on any atom is 0.305 e. The number of carboxylic acid groups (broad SMARTS) is 1. The lowest BCUT2D eigenvalue weighted by atomic mass is 9.81. The molecule has 3 aliphatic rings. The van der Waals surface area contributed by atoms with Crippen LogP contribution in [0, 0.1) is 42.7 Å². The molecule has 4 N–H and O–H groups in total. The molecule has 0 aliphatic heterocycles. The van der Waals surface area contributed by atoms with E-state index in [1.54, 1.807) is 0 Å². The van der Waals surface area contributed by atoms with Crippen LogP contribution in [0.2, 0.25) is 36.3 Å². The van der Waals surface area contributed by atoms with Gasteiger partial charge in [-0.25, -0.2) is 13.1 Å². The number of carbonyl (C=O) groups is 3. The molecule has 0 bridgehead atoms. The van der Waals surface area contributed by atoms with Crippen molar-refractivity contribution in [3.8, 4) is 0 Å². The predicted octanol–water partition coefficient (Wildman–Crippen LogP) is 23.6. The molecule has 15 atom stereocenters. The van der Waals surface area contributed by atoms with Gasteiger partial charge in [-0.2, -0.15) is 0 Å². The van der Waals surface area contributed by atoms with E-state index in [1.807, 2.05) is 36.4 Å². The molecule has 3 saturated carbocycles. The van der Waals surface area contributed by atoms with E-state index in [4.69, 9.17) is 36.6 Å². The first-order chi connectivity index (χ1) is 49.8. The molecule has 3 unspecified atom stereocenters. The van der Waals surface area contributed by atoms with Gasteiger partial charge in [-0.1, -0.05) is 243 Å². The number of hydrogen-bond acceptors (Lipinski definition) is 10. The van der Waals surface area contributed by atoms with E-state index in [0.29, 0.717) is 68.1 Å². The summed E-state index contributed by atoms with van der Waals surface area (Å²) in [6.45, 7) is 49.9. The molecule has 0 aromatic heterocycles. The first-order valence-corrected chi connectivity index (χ1v) is 46.4. The van der Waals surface area contributed by atoms with Crippen molar-refractivity contribution in [2.45, 2.75) is 346 Å². The van der Waals surface area contributed by atoms with Crippen LogP contribution in [0.5, 0.6) is 0 Å². The first-order valence-electron chi connectivity index (χ1n) is 40.6. The summed E-state index contributed by atoms with van der Waals surface area (Å²) < 4.78 is 23.3. The van der Waals surface area contributed by atoms with Crippen molar-refractivity contribution in [3.05, 3.63) is 165 Å². The van der Waals surface area contributed by atoms with Crippen molar-refractivity contribution in [1.82, 2.24) is 0 Å². The Morgan fingerprint density at radius 1 is 0.486 bits per heavy atom. The van der Waals surface area contributed by atoms with E-state index < -0.39 is 34.8 Å². The van der Waals surface area contributed by atoms with Gasteiger partial charge in [-0.15, -0.1) is 0 Å². The number of methoxy groups -OCH3 is 2. The Bertz CT molecular complexity index is 3150. The van der Waals surface area contributed by atoms with Crippen LogP contribution in [0.15, 0.2) is 109 Å². The first kappa shape index (κ1) is 91.9. The molecular weight excluding hydrogens is 1340 g/mol. The fourth-order valence-electron chi connectivity index (χ4n) is 15.4. The van der Waals surface area contributed by atoms with Crippen LogP contribution in [0.25, 0.3) is 9.69 Å². The average Bonchev–Trinajstić information content (AvgIpc) is 1.39. The van der Waals surface area contributed by atoms with Gasteiger partial charge in [0.05, 0.1) is 44.7 Å². The van der Waals surface area contributed by atoms with Crippen LogP contribution >= 0.6 is 0 Å². The Morgan fingerprint density at radius 2 is 0.838 bits per heavy atom. The van der Waals surface area contributed by atoms with Gasteiger partial charge >= 0.3 is 17.9 Å². The van der Waals surface area contributed by atoms with Crippen molar-refractivity contribution in [3.63, 3.8) is 0 Å². The maximum absolute atomic E-state index is 11.3. The van der Waals surface area contributed by atoms with Crippen molar-refractivity contribution in [2.75, 3.05) is 14.2 Å². The molecule has 586 valence electrons. The molecule has 3 aromatic carbocycles. The zero-order valence-electron chi connectivity index (χ0n) is 68.2. The fraction of sp³-hybridized carbons (Fsp3) is 0.678. The third-order valence-corrected chi connectivity index (χ3v) is 32.8. The van der Waals surface area contributed by atoms with Gasteiger partial charge in [0.25, 0.3) is 0 Å². The topological polar surface area (TPSA) is 178 Å². The number of aliphatic carboxylic acids is 1. The summed E-state index contributed by atoms with van der Waals surface area (Å²) >= 11 is 0. The lowest BCUT2D eigenvalue weighted by molar-refractivity contribution is -0.141. The van der Waals surface area contributed by atoms with Crippen molar-refractivity contribution in [2.24, 2.45) is 29.6 Å². The van der Waals surface area contributed by atoms with Gasteiger partial charge in [0.2, 0.25) is 12.1 Å². The average molecular weight is 1480 g/mol. The van der Waals surface area contributed by atoms with Gasteiger partial charge in [0.15, 0.2) is 16.6 Å². The van der Waals surface area contributed by atoms with E-state index in [0.717, 1.165) is 101 Å². The van der Waals surface area contributed by atoms with Gasteiger partial charge < -0.3 is 48.4 Å². The van der Waals surface area contributed by atoms with Crippen LogP contribution in [-0.4, -0.2) is 93.5 Å². The number of unbranched alkanes of at least 4 members (excludes halogenated alkanes) is 9. The number of carbonyl (C=O) groups excluding carboxylic acids is 2. The summed E-state index contributed by atoms with van der Waals surface area (Å²) in [5.74, 6) is 1.08. The summed E-state index contributed by atoms with van der Waals surface area (Å²) in [6, 6.07) is 26.1. The number of allylic oxidation sites excluding steroid dienone is 6. The molecule has 0 heterocycles. The molecule has 3 aromatic rings. The standard InChI is InChI=1S/C33H53NO3Si.C32H54O4Si.C25H35NO4/c1-10-11-14-18-30(37-38(8,9)33(3,4)5)26-20-22-27(23-21-26)32-25(2)24-29(34-6)28(32)17-15-12-13-16-19-31(35)36-7;1-9-10-13-17-29(36-37(7,8)32(3,4)5)25-19-21-26(22-20-25)31-24(2)23-28(33)27(31)16-14-11-12-15-18-30(34)35-6;1-3-4-7-11-22(27)18-13-15-19(16-14-18)25-20(21(26-2)17-23(25)28)10-8-5-6-9-12-24(29)30/h12,15,20-23,25,28-30,32H,10-11,13-14,16-19,24H2,1-5,7-9H3;11,14,19-22,24,27-29,31,33H,9-10,12-13,15-18,23H2,1-8H3;5,8,13-16,20-23,25,27-28H,3-4,6-7,9-12,17H2,1H3,(H,29,30)/b15-12-;14-11-;8-5-/t25-,28+,29-,30?,32-;24-,27+,28+,29?,31-;20-,21+,22?,23+,25+/m110/s1. The van der Waals surface area contributed by atoms with E-state index in [2.05, 4.69) is 185 Å². The van der Waals surface area contributed by atoms with Crippen molar-refractivity contribution in [1.29, 1.82) is 0 Å². The number of aliphatic hydroxyl groups excluding tert-OH is 3. The zero-order valence-corrected chi connectivity index (χ0v) is 70.2. The SMILES string of the molecule is CCCCCC(O[Si](C)(C)C(C)(C)C)c1ccc([C@@H]2[C@@H](C/C=C\CCCC(=O)OC)[C@@H](O)C[C@H]2C)cc1.[C-]#[N+][C@@H]1C[C@@H](C)[C@H](c2ccc(C(CCCCC)O[Si](C)(C)C(C)(C)C)cc2)[C@H]1C/C=C\CCCC(=O)OC.[C-]#[N+][C@@H]1C[C@@H](O)[C@H](c2ccc(C(O)CCCCC)cc2)[C@H]1C/C=C\CCCC(=O)O. The maximum atomic E-state index is 11.3. The number of nitrogens with zero attached hydrogens (tertiary/aromatic N) is 2. The Labute approximate surface area is 639 Å². The van der Waals surface area contributed by atoms with Gasteiger partial charge in [0.1, 0.15) is 0 Å². The monoisotopic (exact) mass is 1480 g/mol. The number of aliphatic hydroxyl groups is 3. The van der Waals surface area contributed by atoms with Crippen molar-refractivity contribution >= 4 is 34.5 Å². The molecule has 0 saturated heterocycles.